The fraction of sp³-hybridized carbons (Fsp3) is 0.238. The van der Waals surface area contributed by atoms with E-state index in [9.17, 15) is 19.8 Å². The third kappa shape index (κ3) is 4.42. The van der Waals surface area contributed by atoms with Crippen LogP contribution < -0.4 is 5.73 Å². The van der Waals surface area contributed by atoms with Crippen LogP contribution in [0.3, 0.4) is 0 Å². The van der Waals surface area contributed by atoms with Gasteiger partial charge in [-0.1, -0.05) is 66.7 Å². The molecule has 0 spiro atoms. The number of nitrogens with zero attached hydrogens (tertiary/aromatic N) is 1. The van der Waals surface area contributed by atoms with Gasteiger partial charge in [0.2, 0.25) is 0 Å². The van der Waals surface area contributed by atoms with E-state index in [0.29, 0.717) is 6.54 Å². The quantitative estimate of drug-likeness (QED) is 0.678. The van der Waals surface area contributed by atoms with Gasteiger partial charge in [0.1, 0.15) is 11.6 Å². The van der Waals surface area contributed by atoms with E-state index in [0.717, 1.165) is 16.7 Å². The van der Waals surface area contributed by atoms with E-state index in [1.165, 1.54) is 0 Å². The molecule has 0 radical (unpaired) electrons. The summed E-state index contributed by atoms with van der Waals surface area (Å²) in [7, 11) is 0. The first kappa shape index (κ1) is 18.8. The molecule has 0 aromatic heterocycles. The van der Waals surface area contributed by atoms with Crippen LogP contribution in [-0.2, 0) is 16.1 Å². The van der Waals surface area contributed by atoms with Crippen molar-refractivity contribution >= 4 is 24.1 Å². The minimum absolute atomic E-state index is 0.00889. The van der Waals surface area contributed by atoms with Crippen molar-refractivity contribution in [3.8, 4) is 0 Å². The van der Waals surface area contributed by atoms with Gasteiger partial charge < -0.3 is 15.9 Å². The van der Waals surface area contributed by atoms with Crippen molar-refractivity contribution in [3.05, 3.63) is 71.3 Å². The van der Waals surface area contributed by atoms with Gasteiger partial charge in [-0.25, -0.2) is 0 Å². The number of hydrogen-bond donors (Lipinski definition) is 3. The minimum atomic E-state index is -1.53. The number of benzene rings is 2. The van der Waals surface area contributed by atoms with Crippen molar-refractivity contribution in [1.29, 1.82) is 0 Å². The lowest BCUT2D eigenvalue weighted by Gasteiger charge is -2.21. The lowest BCUT2D eigenvalue weighted by Crippen LogP contribution is -2.50. The Bertz CT molecular complexity index is 848. The molecule has 6 nitrogen and oxygen atoms in total. The fourth-order valence-corrected chi connectivity index (χ4v) is 3.30. The molecule has 140 valence electrons. The zero-order valence-corrected chi connectivity index (χ0v) is 14.8. The molecule has 2 atom stereocenters. The van der Waals surface area contributed by atoms with Crippen LogP contribution >= 0.6 is 0 Å². The molecular formula is C21H22N2O4. The summed E-state index contributed by atoms with van der Waals surface area (Å²) in [6.45, 7) is 0.348. The first-order valence-electron chi connectivity index (χ1n) is 8.69. The first-order chi connectivity index (χ1) is 12.9. The van der Waals surface area contributed by atoms with E-state index in [1.54, 1.807) is 4.90 Å². The summed E-state index contributed by atoms with van der Waals surface area (Å²) in [6.07, 6.45) is 3.92. The zero-order valence-electron chi connectivity index (χ0n) is 14.8. The number of carbonyl (C=O) groups is 2. The van der Waals surface area contributed by atoms with Gasteiger partial charge in [-0.2, -0.15) is 0 Å². The highest BCUT2D eigenvalue weighted by molar-refractivity contribution is 5.83. The monoisotopic (exact) mass is 366 g/mol. The maximum absolute atomic E-state index is 11.5. The third-order valence-corrected chi connectivity index (χ3v) is 4.83. The van der Waals surface area contributed by atoms with Crippen molar-refractivity contribution in [2.45, 2.75) is 24.5 Å². The highest BCUT2D eigenvalue weighted by atomic mass is 16.4. The van der Waals surface area contributed by atoms with Crippen molar-refractivity contribution in [2.75, 3.05) is 6.54 Å². The zero-order chi connectivity index (χ0) is 19.4. The van der Waals surface area contributed by atoms with Crippen LogP contribution in [0.15, 0.2) is 54.6 Å². The number of likely N-dealkylation sites (tertiary alicyclic amines) is 1. The molecular weight excluding hydrogens is 344 g/mol. The standard InChI is InChI=1S/C21H22N2O4/c22-21(20(26)27)12-18(19(24)25)23(14-21)13-17-10-8-16(9-11-17)7-6-15-4-2-1-3-5-15/h1-11,18H,12-14,22H2,(H,24,25)(H,26,27)/t18-,21-/m1/s1. The number of aliphatic carboxylic acids is 2. The van der Waals surface area contributed by atoms with Crippen LogP contribution in [0, 0.1) is 0 Å². The van der Waals surface area contributed by atoms with Crippen molar-refractivity contribution < 1.29 is 19.8 Å². The smallest absolute Gasteiger partial charge is 0.325 e. The topological polar surface area (TPSA) is 104 Å². The SMILES string of the molecule is N[C@]1(C(=O)O)C[C@H](C(=O)O)N(Cc2ccc(C=Cc3ccccc3)cc2)C1. The Morgan fingerprint density at radius 3 is 2.19 bits per heavy atom. The molecule has 2 aromatic carbocycles. The summed E-state index contributed by atoms with van der Waals surface area (Å²) in [5.41, 5.74) is 7.40. The Morgan fingerprint density at radius 2 is 1.63 bits per heavy atom. The number of carboxylic acid groups (broad SMARTS) is 2. The normalized spacial score (nSPS) is 22.9. The van der Waals surface area contributed by atoms with Gasteiger partial charge in [0, 0.05) is 19.5 Å². The molecule has 1 fully saturated rings. The van der Waals surface area contributed by atoms with Gasteiger partial charge in [-0.15, -0.1) is 0 Å². The third-order valence-electron chi connectivity index (χ3n) is 4.83. The molecule has 2 aromatic rings. The molecule has 27 heavy (non-hydrogen) atoms. The summed E-state index contributed by atoms with van der Waals surface area (Å²) >= 11 is 0. The molecule has 4 N–H and O–H groups in total. The minimum Gasteiger partial charge on any atom is -0.480 e. The Labute approximate surface area is 157 Å². The predicted octanol–water partition coefficient (Wildman–Crippen LogP) is 2.30. The summed E-state index contributed by atoms with van der Waals surface area (Å²) in [5.74, 6) is -2.22. The maximum atomic E-state index is 11.5. The van der Waals surface area contributed by atoms with Crippen LogP contribution in [-0.4, -0.2) is 45.2 Å². The average molecular weight is 366 g/mol. The Morgan fingerprint density at radius 1 is 1.04 bits per heavy atom. The second kappa shape index (κ2) is 7.73. The van der Waals surface area contributed by atoms with Crippen LogP contribution in [0.2, 0.25) is 0 Å². The fourth-order valence-electron chi connectivity index (χ4n) is 3.30. The van der Waals surface area contributed by atoms with Crippen LogP contribution in [0.5, 0.6) is 0 Å². The number of nitrogens with two attached hydrogens (primary N) is 1. The molecule has 0 unspecified atom stereocenters. The van der Waals surface area contributed by atoms with Crippen molar-refractivity contribution in [1.82, 2.24) is 4.90 Å². The Balaban J connectivity index is 1.69. The Hall–Kier alpha value is -2.96. The highest BCUT2D eigenvalue weighted by Crippen LogP contribution is 2.27. The lowest BCUT2D eigenvalue weighted by molar-refractivity contribution is -0.142. The van der Waals surface area contributed by atoms with Gasteiger partial charge in [0.05, 0.1) is 0 Å². The molecule has 0 aliphatic carbocycles. The second-order valence-corrected chi connectivity index (χ2v) is 6.91. The average Bonchev–Trinajstić information content (AvgIpc) is 3.00. The van der Waals surface area contributed by atoms with Gasteiger partial charge in [0.15, 0.2) is 0 Å². The first-order valence-corrected chi connectivity index (χ1v) is 8.69. The van der Waals surface area contributed by atoms with Gasteiger partial charge >= 0.3 is 11.9 Å². The van der Waals surface area contributed by atoms with Crippen LogP contribution in [0.4, 0.5) is 0 Å². The molecule has 1 aliphatic heterocycles. The van der Waals surface area contributed by atoms with Crippen molar-refractivity contribution in [3.63, 3.8) is 0 Å². The number of carboxylic acids is 2. The maximum Gasteiger partial charge on any atom is 0.325 e. The second-order valence-electron chi connectivity index (χ2n) is 6.91. The molecule has 0 amide bonds. The summed E-state index contributed by atoms with van der Waals surface area (Å²) in [5, 5.41) is 18.7. The van der Waals surface area contributed by atoms with E-state index >= 15 is 0 Å². The highest BCUT2D eigenvalue weighted by Gasteiger charge is 2.49. The summed E-state index contributed by atoms with van der Waals surface area (Å²) < 4.78 is 0. The van der Waals surface area contributed by atoms with Gasteiger partial charge in [-0.05, 0) is 16.7 Å². The molecule has 6 heteroatoms. The van der Waals surface area contributed by atoms with E-state index in [-0.39, 0.29) is 13.0 Å². The van der Waals surface area contributed by atoms with Gasteiger partial charge in [0.25, 0.3) is 0 Å². The summed E-state index contributed by atoms with van der Waals surface area (Å²) in [4.78, 5) is 24.5. The molecule has 3 rings (SSSR count). The largest absolute Gasteiger partial charge is 0.480 e. The molecule has 1 aliphatic rings. The molecule has 0 saturated carbocycles. The number of rotatable bonds is 6. The number of hydrogen-bond acceptors (Lipinski definition) is 4. The molecule has 1 heterocycles. The van der Waals surface area contributed by atoms with E-state index in [2.05, 4.69) is 0 Å². The van der Waals surface area contributed by atoms with E-state index < -0.39 is 23.5 Å². The predicted molar refractivity (Wildman–Crippen MR) is 103 cm³/mol. The van der Waals surface area contributed by atoms with Gasteiger partial charge in [-0.3, -0.25) is 14.5 Å². The van der Waals surface area contributed by atoms with Crippen LogP contribution in [0.1, 0.15) is 23.1 Å². The molecule has 0 bridgehead atoms. The molecule has 1 saturated heterocycles. The Kier molecular flexibility index (Phi) is 5.39. The lowest BCUT2D eigenvalue weighted by atomic mass is 9.98. The van der Waals surface area contributed by atoms with E-state index in [1.807, 2.05) is 66.7 Å². The summed E-state index contributed by atoms with van der Waals surface area (Å²) in [6, 6.07) is 16.8. The van der Waals surface area contributed by atoms with Crippen LogP contribution in [0.25, 0.3) is 12.2 Å². The van der Waals surface area contributed by atoms with E-state index in [4.69, 9.17) is 5.73 Å². The van der Waals surface area contributed by atoms with Crippen molar-refractivity contribution in [2.24, 2.45) is 5.73 Å².